The van der Waals surface area contributed by atoms with Crippen LogP contribution in [0.25, 0.3) is 10.9 Å². The quantitative estimate of drug-likeness (QED) is 0.139. The number of nitrogens with one attached hydrogen (secondary N) is 4. The Labute approximate surface area is 244 Å². The number of H-pyrrole nitrogens is 1. The summed E-state index contributed by atoms with van der Waals surface area (Å²) in [6.07, 6.45) is -0.137. The smallest absolute Gasteiger partial charge is 0.496 e. The number of benzene rings is 1. The van der Waals surface area contributed by atoms with Crippen molar-refractivity contribution in [3.63, 3.8) is 0 Å². The molecule has 2 heterocycles. The molecule has 0 saturated carbocycles. The van der Waals surface area contributed by atoms with Gasteiger partial charge in [-0.15, -0.1) is 0 Å². The molecule has 0 spiro atoms. The highest BCUT2D eigenvalue weighted by Gasteiger charge is 2.34. The van der Waals surface area contributed by atoms with Crippen LogP contribution in [-0.2, 0) is 28.9 Å². The molecule has 3 unspecified atom stereocenters. The second-order valence-electron chi connectivity index (χ2n) is 10.7. The van der Waals surface area contributed by atoms with Crippen molar-refractivity contribution in [2.24, 2.45) is 11.8 Å². The maximum Gasteiger partial charge on any atom is 0.540 e. The number of carbonyl (C=O) groups excluding carboxylic acids is 5. The zero-order valence-electron chi connectivity index (χ0n) is 24.6. The first-order valence-electron chi connectivity index (χ1n) is 14.1. The first-order valence-corrected chi connectivity index (χ1v) is 14.1. The number of hydrogen-bond donors (Lipinski definition) is 4. The van der Waals surface area contributed by atoms with Crippen LogP contribution >= 0.6 is 0 Å². The molecule has 0 radical (unpaired) electrons. The summed E-state index contributed by atoms with van der Waals surface area (Å²) in [6, 6.07) is 4.89. The molecular formula is C29H40N4O9. The van der Waals surface area contributed by atoms with Crippen molar-refractivity contribution >= 4 is 40.6 Å². The third kappa shape index (κ3) is 8.93. The third-order valence-corrected chi connectivity index (χ3v) is 7.01. The maximum absolute atomic E-state index is 13.5. The Morgan fingerprint density at radius 1 is 1.10 bits per heavy atom. The van der Waals surface area contributed by atoms with E-state index in [1.165, 1.54) is 7.11 Å². The first-order chi connectivity index (χ1) is 20.0. The van der Waals surface area contributed by atoms with Gasteiger partial charge in [-0.05, 0) is 56.7 Å². The van der Waals surface area contributed by atoms with Gasteiger partial charge < -0.3 is 30.4 Å². The van der Waals surface area contributed by atoms with E-state index in [0.717, 1.165) is 0 Å². The number of methoxy groups -OCH3 is 1. The fourth-order valence-corrected chi connectivity index (χ4v) is 4.57. The summed E-state index contributed by atoms with van der Waals surface area (Å²) in [5.41, 5.74) is 0.932. The predicted molar refractivity (Wildman–Crippen MR) is 152 cm³/mol. The maximum atomic E-state index is 13.5. The monoisotopic (exact) mass is 588 g/mol. The number of rotatable bonds is 15. The van der Waals surface area contributed by atoms with Gasteiger partial charge >= 0.3 is 6.16 Å². The van der Waals surface area contributed by atoms with Crippen LogP contribution in [0.2, 0.25) is 0 Å². The molecule has 0 aliphatic carbocycles. The number of fused-ring (bicyclic) bond motifs is 1. The van der Waals surface area contributed by atoms with Gasteiger partial charge in [0.2, 0.25) is 11.8 Å². The van der Waals surface area contributed by atoms with Crippen molar-refractivity contribution in [3.8, 4) is 5.75 Å². The number of hydrogen-bond acceptors (Lipinski definition) is 9. The van der Waals surface area contributed by atoms with E-state index in [0.29, 0.717) is 36.0 Å². The van der Waals surface area contributed by atoms with Crippen LogP contribution in [0.1, 0.15) is 63.9 Å². The van der Waals surface area contributed by atoms with Gasteiger partial charge in [-0.1, -0.05) is 26.8 Å². The van der Waals surface area contributed by atoms with E-state index in [1.54, 1.807) is 31.2 Å². The summed E-state index contributed by atoms with van der Waals surface area (Å²) in [7, 11) is 1.53. The zero-order chi connectivity index (χ0) is 30.8. The number of aromatic nitrogens is 1. The van der Waals surface area contributed by atoms with Crippen molar-refractivity contribution in [2.75, 3.05) is 20.3 Å². The molecule has 3 amide bonds. The number of carbonyl (C=O) groups is 5. The van der Waals surface area contributed by atoms with Crippen LogP contribution in [0.15, 0.2) is 24.3 Å². The molecule has 0 bridgehead atoms. The highest BCUT2D eigenvalue weighted by atomic mass is 17.2. The molecule has 230 valence electrons. The van der Waals surface area contributed by atoms with E-state index < -0.39 is 54.5 Å². The molecule has 1 aromatic heterocycles. The van der Waals surface area contributed by atoms with Crippen molar-refractivity contribution in [2.45, 2.75) is 71.6 Å². The van der Waals surface area contributed by atoms with Gasteiger partial charge in [0.05, 0.1) is 13.2 Å². The lowest BCUT2D eigenvalue weighted by atomic mass is 9.95. The van der Waals surface area contributed by atoms with Gasteiger partial charge in [-0.25, -0.2) is 4.79 Å². The molecular weight excluding hydrogens is 548 g/mol. The van der Waals surface area contributed by atoms with E-state index in [1.807, 2.05) is 20.8 Å². The van der Waals surface area contributed by atoms with E-state index >= 15 is 0 Å². The molecule has 13 heteroatoms. The Morgan fingerprint density at radius 2 is 1.86 bits per heavy atom. The van der Waals surface area contributed by atoms with Crippen molar-refractivity contribution in [1.82, 2.24) is 20.9 Å². The van der Waals surface area contributed by atoms with Crippen LogP contribution in [0.4, 0.5) is 4.79 Å². The summed E-state index contributed by atoms with van der Waals surface area (Å²) < 4.78 is 10.3. The molecule has 1 saturated heterocycles. The minimum atomic E-state index is -1.13. The first kappa shape index (κ1) is 32.4. The lowest BCUT2D eigenvalue weighted by Crippen LogP contribution is -2.53. The molecule has 3 rings (SSSR count). The third-order valence-electron chi connectivity index (χ3n) is 7.01. The topological polar surface area (TPSA) is 174 Å². The predicted octanol–water partition coefficient (Wildman–Crippen LogP) is 2.78. The van der Waals surface area contributed by atoms with Gasteiger partial charge in [0, 0.05) is 23.4 Å². The van der Waals surface area contributed by atoms with Crippen molar-refractivity contribution in [3.05, 3.63) is 30.0 Å². The summed E-state index contributed by atoms with van der Waals surface area (Å²) in [4.78, 5) is 76.0. The average molecular weight is 589 g/mol. The van der Waals surface area contributed by atoms with Gasteiger partial charge in [-0.2, -0.15) is 4.89 Å². The van der Waals surface area contributed by atoms with Gasteiger partial charge in [0.15, 0.2) is 12.4 Å². The number of ketones is 1. The molecule has 4 atom stereocenters. The molecule has 1 aliphatic rings. The Hall–Kier alpha value is -4.13. The summed E-state index contributed by atoms with van der Waals surface area (Å²) in [5.74, 6) is -1.84. The van der Waals surface area contributed by atoms with Crippen LogP contribution in [-0.4, -0.2) is 73.1 Å². The minimum Gasteiger partial charge on any atom is -0.496 e. The largest absolute Gasteiger partial charge is 0.540 e. The number of amides is 3. The average Bonchev–Trinajstić information content (AvgIpc) is 3.57. The highest BCUT2D eigenvalue weighted by Crippen LogP contribution is 2.26. The number of Topliss-reactive ketones (excluding diaryl/α,β-unsaturated/α-hetero) is 1. The lowest BCUT2D eigenvalue weighted by Gasteiger charge is -2.24. The van der Waals surface area contributed by atoms with E-state index in [2.05, 4.69) is 25.8 Å². The molecule has 2 aromatic rings. The molecule has 1 aliphatic heterocycles. The number of aromatic amines is 1. The summed E-state index contributed by atoms with van der Waals surface area (Å²) >= 11 is 0. The zero-order valence-corrected chi connectivity index (χ0v) is 24.6. The standard InChI is InChI=1S/C29H40N4O9/c1-6-17(4)41-29(38)42-40-15-24(34)21(13-18-10-11-30-26(18)35)32-27(36)22(12-16(2)3)33-28(37)23-14-19-20(31-23)8-7-9-25(19)39-5/h7-9,14,16-18,21-22,31H,6,10-13,15H2,1-5H3,(H,30,35)(H,32,36)(H,33,37)/t17?,18-,21?,22?/m0/s1. The second kappa shape index (κ2) is 15.2. The Morgan fingerprint density at radius 3 is 2.50 bits per heavy atom. The Kier molecular flexibility index (Phi) is 11.7. The Balaban J connectivity index is 1.71. The van der Waals surface area contributed by atoms with E-state index in [9.17, 15) is 24.0 Å². The summed E-state index contributed by atoms with van der Waals surface area (Å²) in [5, 5.41) is 8.87. The highest BCUT2D eigenvalue weighted by molar-refractivity contribution is 6.02. The fraction of sp³-hybridized carbons (Fsp3) is 0.552. The Bertz CT molecular complexity index is 1280. The molecule has 42 heavy (non-hydrogen) atoms. The minimum absolute atomic E-state index is 0.0151. The van der Waals surface area contributed by atoms with Crippen LogP contribution in [0, 0.1) is 11.8 Å². The van der Waals surface area contributed by atoms with Crippen molar-refractivity contribution in [1.29, 1.82) is 0 Å². The van der Waals surface area contributed by atoms with E-state index in [-0.39, 0.29) is 30.4 Å². The van der Waals surface area contributed by atoms with Gasteiger partial charge in [0.1, 0.15) is 23.6 Å². The number of ether oxygens (including phenoxy) is 2. The molecule has 4 N–H and O–H groups in total. The lowest BCUT2D eigenvalue weighted by molar-refractivity contribution is -0.253. The molecule has 13 nitrogen and oxygen atoms in total. The molecule has 1 fully saturated rings. The van der Waals surface area contributed by atoms with Crippen LogP contribution in [0.5, 0.6) is 5.75 Å². The fourth-order valence-electron chi connectivity index (χ4n) is 4.57. The van der Waals surface area contributed by atoms with Gasteiger partial charge in [0.25, 0.3) is 5.91 Å². The van der Waals surface area contributed by atoms with Crippen LogP contribution < -0.4 is 20.7 Å². The van der Waals surface area contributed by atoms with Crippen LogP contribution in [0.3, 0.4) is 0 Å². The van der Waals surface area contributed by atoms with Gasteiger partial charge in [-0.3, -0.25) is 24.1 Å². The SMILES string of the molecule is CCC(C)OC(=O)OOCC(=O)C(C[C@@H]1CCNC1=O)NC(=O)C(CC(C)C)NC(=O)c1cc2c(OC)cccc2[nH]1. The second-order valence-corrected chi connectivity index (χ2v) is 10.7. The normalized spacial score (nSPS) is 16.8. The summed E-state index contributed by atoms with van der Waals surface area (Å²) in [6.45, 7) is 7.07. The van der Waals surface area contributed by atoms with Crippen molar-refractivity contribution < 1.29 is 43.2 Å². The van der Waals surface area contributed by atoms with E-state index in [4.69, 9.17) is 14.4 Å². The molecule has 1 aromatic carbocycles.